The van der Waals surface area contributed by atoms with Crippen LogP contribution in [0.3, 0.4) is 0 Å². The molecule has 0 atom stereocenters. The summed E-state index contributed by atoms with van der Waals surface area (Å²) >= 11 is 0. The van der Waals surface area contributed by atoms with Crippen molar-refractivity contribution in [3.63, 3.8) is 0 Å². The molecule has 132 valence electrons. The Kier molecular flexibility index (Phi) is 3.12. The van der Waals surface area contributed by atoms with Crippen molar-refractivity contribution in [1.82, 2.24) is 14.8 Å². The number of nitrogens with one attached hydrogen (secondary N) is 1. The average Bonchev–Trinajstić information content (AvgIpc) is 2.99. The van der Waals surface area contributed by atoms with Crippen LogP contribution in [-0.2, 0) is 7.05 Å². The Balaban J connectivity index is 1.40. The number of rotatable bonds is 5. The highest BCUT2D eigenvalue weighted by Gasteiger charge is 2.67. The molecule has 0 saturated heterocycles. The van der Waals surface area contributed by atoms with E-state index in [0.29, 0.717) is 10.8 Å². The predicted molar refractivity (Wildman–Crippen MR) is 106 cm³/mol. The van der Waals surface area contributed by atoms with Gasteiger partial charge in [-0.2, -0.15) is 5.10 Å². The maximum absolute atomic E-state index is 4.59. The number of fused-ring (bicyclic) bond motifs is 1. The Hall–Kier alpha value is -2.62. The van der Waals surface area contributed by atoms with Gasteiger partial charge in [0.15, 0.2) is 0 Å². The predicted octanol–water partition coefficient (Wildman–Crippen LogP) is 5.14. The largest absolute Gasteiger partial charge is 0.344 e. The Morgan fingerprint density at radius 2 is 1.96 bits per heavy atom. The number of hydrogen-bond donors (Lipinski definition) is 1. The molecule has 4 nitrogen and oxygen atoms in total. The molecular weight excluding hydrogens is 320 g/mol. The molecule has 3 saturated carbocycles. The molecule has 2 bridgehead atoms. The van der Waals surface area contributed by atoms with E-state index in [0.717, 1.165) is 22.5 Å². The second-order valence-electron chi connectivity index (χ2n) is 8.30. The van der Waals surface area contributed by atoms with Crippen molar-refractivity contribution in [3.8, 4) is 11.1 Å². The lowest BCUT2D eigenvalue weighted by Gasteiger charge is -2.71. The lowest BCUT2D eigenvalue weighted by atomic mass is 9.33. The van der Waals surface area contributed by atoms with Crippen LogP contribution in [0.25, 0.3) is 21.9 Å². The SMILES string of the molecule is C=C(Nc1cc2cc(-c3cnn(C)c3)ccc2cn1)C12CC(CC)(C1)C2. The molecule has 0 radical (unpaired) electrons. The van der Waals surface area contributed by atoms with Gasteiger partial charge in [-0.15, -0.1) is 0 Å². The van der Waals surface area contributed by atoms with Crippen molar-refractivity contribution in [2.24, 2.45) is 17.9 Å². The number of nitrogens with zero attached hydrogens (tertiary/aromatic N) is 3. The highest BCUT2D eigenvalue weighted by Crippen LogP contribution is 2.77. The van der Waals surface area contributed by atoms with Gasteiger partial charge < -0.3 is 5.32 Å². The molecule has 1 aromatic carbocycles. The van der Waals surface area contributed by atoms with E-state index in [2.05, 4.69) is 53.2 Å². The van der Waals surface area contributed by atoms with Gasteiger partial charge in [0.1, 0.15) is 5.82 Å². The Labute approximate surface area is 153 Å². The van der Waals surface area contributed by atoms with Crippen molar-refractivity contribution in [3.05, 3.63) is 55.1 Å². The van der Waals surface area contributed by atoms with Gasteiger partial charge in [-0.3, -0.25) is 4.68 Å². The number of aryl methyl sites for hydroxylation is 1. The lowest BCUT2D eigenvalue weighted by molar-refractivity contribution is -0.177. The van der Waals surface area contributed by atoms with Gasteiger partial charge in [0.05, 0.1) is 6.20 Å². The van der Waals surface area contributed by atoms with Crippen LogP contribution in [0, 0.1) is 10.8 Å². The maximum atomic E-state index is 4.59. The summed E-state index contributed by atoms with van der Waals surface area (Å²) in [6.07, 6.45) is 11.1. The molecular formula is C22H24N4. The van der Waals surface area contributed by atoms with Crippen LogP contribution in [0.5, 0.6) is 0 Å². The van der Waals surface area contributed by atoms with Crippen LogP contribution in [0.2, 0.25) is 0 Å². The van der Waals surface area contributed by atoms with E-state index in [-0.39, 0.29) is 0 Å². The second kappa shape index (κ2) is 5.19. The number of allylic oxidation sites excluding steroid dienone is 1. The molecule has 3 aliphatic rings. The second-order valence-corrected chi connectivity index (χ2v) is 8.30. The first-order chi connectivity index (χ1) is 12.5. The molecule has 3 fully saturated rings. The van der Waals surface area contributed by atoms with Crippen LogP contribution in [0.4, 0.5) is 5.82 Å². The summed E-state index contributed by atoms with van der Waals surface area (Å²) in [6.45, 7) is 6.64. The molecule has 0 spiro atoms. The van der Waals surface area contributed by atoms with Crippen molar-refractivity contribution in [2.75, 3.05) is 5.32 Å². The summed E-state index contributed by atoms with van der Waals surface area (Å²) in [5.74, 6) is 0.890. The van der Waals surface area contributed by atoms with E-state index in [4.69, 9.17) is 0 Å². The van der Waals surface area contributed by atoms with E-state index in [1.54, 1.807) is 0 Å². The third-order valence-electron chi connectivity index (χ3n) is 6.57. The molecule has 0 aliphatic heterocycles. The van der Waals surface area contributed by atoms with Gasteiger partial charge in [-0.05, 0) is 47.8 Å². The fourth-order valence-electron chi connectivity index (χ4n) is 4.94. The first kappa shape index (κ1) is 15.6. The fraction of sp³-hybridized carbons (Fsp3) is 0.364. The molecule has 6 rings (SSSR count). The first-order valence-electron chi connectivity index (χ1n) is 9.36. The molecule has 0 unspecified atom stereocenters. The van der Waals surface area contributed by atoms with Crippen LogP contribution in [0.1, 0.15) is 32.6 Å². The van der Waals surface area contributed by atoms with Gasteiger partial charge in [-0.25, -0.2) is 4.98 Å². The van der Waals surface area contributed by atoms with Gasteiger partial charge >= 0.3 is 0 Å². The Morgan fingerprint density at radius 1 is 1.15 bits per heavy atom. The van der Waals surface area contributed by atoms with Gasteiger partial charge in [0, 0.05) is 41.5 Å². The van der Waals surface area contributed by atoms with Gasteiger partial charge in [0.25, 0.3) is 0 Å². The minimum absolute atomic E-state index is 0.324. The van der Waals surface area contributed by atoms with E-state index in [1.165, 1.54) is 36.6 Å². The van der Waals surface area contributed by atoms with Crippen molar-refractivity contribution in [1.29, 1.82) is 0 Å². The Bertz CT molecular complexity index is 1010. The maximum Gasteiger partial charge on any atom is 0.130 e. The summed E-state index contributed by atoms with van der Waals surface area (Å²) in [6, 6.07) is 8.57. The zero-order valence-corrected chi connectivity index (χ0v) is 15.4. The normalized spacial score (nSPS) is 26.2. The third kappa shape index (κ3) is 2.21. The molecule has 3 aromatic rings. The van der Waals surface area contributed by atoms with Crippen LogP contribution >= 0.6 is 0 Å². The quantitative estimate of drug-likeness (QED) is 0.697. The molecule has 1 N–H and O–H groups in total. The molecule has 0 amide bonds. The molecule has 4 heteroatoms. The summed E-state index contributed by atoms with van der Waals surface area (Å²) in [7, 11) is 1.94. The van der Waals surface area contributed by atoms with Gasteiger partial charge in [-0.1, -0.05) is 32.1 Å². The number of anilines is 1. The number of hydrogen-bond acceptors (Lipinski definition) is 3. The third-order valence-corrected chi connectivity index (χ3v) is 6.57. The monoisotopic (exact) mass is 344 g/mol. The molecule has 2 heterocycles. The van der Waals surface area contributed by atoms with Crippen LogP contribution in [0.15, 0.2) is 55.1 Å². The summed E-state index contributed by atoms with van der Waals surface area (Å²) < 4.78 is 1.83. The zero-order chi connectivity index (χ0) is 17.9. The highest BCUT2D eigenvalue weighted by atomic mass is 15.2. The summed E-state index contributed by atoms with van der Waals surface area (Å²) in [5.41, 5.74) is 4.39. The van der Waals surface area contributed by atoms with E-state index in [1.807, 2.05) is 30.3 Å². The lowest BCUT2D eigenvalue weighted by Crippen LogP contribution is -2.62. The highest BCUT2D eigenvalue weighted by molar-refractivity contribution is 5.88. The number of benzene rings is 1. The minimum atomic E-state index is 0.324. The standard InChI is InChI=1S/C22H24N4/c1-4-21-12-22(13-21,14-21)15(2)25-20-8-18-7-16(5-6-17(18)9-23-20)19-10-24-26(3)11-19/h5-11H,2,4,12-14H2,1,3H3,(H,23,25). The molecule has 2 aromatic heterocycles. The van der Waals surface area contributed by atoms with E-state index in [9.17, 15) is 0 Å². The van der Waals surface area contributed by atoms with Crippen LogP contribution in [-0.4, -0.2) is 14.8 Å². The number of aromatic nitrogens is 3. The first-order valence-corrected chi connectivity index (χ1v) is 9.36. The van der Waals surface area contributed by atoms with Crippen molar-refractivity contribution >= 4 is 16.6 Å². The molecule has 3 aliphatic carbocycles. The summed E-state index contributed by atoms with van der Waals surface area (Å²) in [4.78, 5) is 4.59. The fourth-order valence-corrected chi connectivity index (χ4v) is 4.94. The smallest absolute Gasteiger partial charge is 0.130 e. The van der Waals surface area contributed by atoms with Gasteiger partial charge in [0.2, 0.25) is 0 Å². The van der Waals surface area contributed by atoms with Crippen molar-refractivity contribution < 1.29 is 0 Å². The molecule has 26 heavy (non-hydrogen) atoms. The van der Waals surface area contributed by atoms with Crippen molar-refractivity contribution in [2.45, 2.75) is 32.6 Å². The van der Waals surface area contributed by atoms with E-state index >= 15 is 0 Å². The average molecular weight is 344 g/mol. The Morgan fingerprint density at radius 3 is 2.65 bits per heavy atom. The van der Waals surface area contributed by atoms with E-state index < -0.39 is 0 Å². The zero-order valence-electron chi connectivity index (χ0n) is 15.4. The summed E-state index contributed by atoms with van der Waals surface area (Å²) in [5, 5.41) is 10.1. The number of pyridine rings is 1. The van der Waals surface area contributed by atoms with Crippen LogP contribution < -0.4 is 5.32 Å². The minimum Gasteiger partial charge on any atom is -0.344 e. The topological polar surface area (TPSA) is 42.7 Å².